The predicted octanol–water partition coefficient (Wildman–Crippen LogP) is 1.70. The summed E-state index contributed by atoms with van der Waals surface area (Å²) in [5, 5.41) is 3.97. The van der Waals surface area contributed by atoms with E-state index in [9.17, 15) is 0 Å². The van der Waals surface area contributed by atoms with Gasteiger partial charge in [0.2, 0.25) is 0 Å². The van der Waals surface area contributed by atoms with Gasteiger partial charge >= 0.3 is 18.9 Å². The number of rotatable bonds is 1. The van der Waals surface area contributed by atoms with Crippen molar-refractivity contribution in [3.63, 3.8) is 0 Å². The Morgan fingerprint density at radius 1 is 0.905 bits per heavy atom. The summed E-state index contributed by atoms with van der Waals surface area (Å²) in [6.45, 7) is 6.21. The molecule has 4 heteroatoms. The van der Waals surface area contributed by atoms with Crippen molar-refractivity contribution in [2.45, 2.75) is 51.7 Å². The molecule has 114 valence electrons. The van der Waals surface area contributed by atoms with Gasteiger partial charge in [-0.25, -0.2) is 0 Å². The van der Waals surface area contributed by atoms with E-state index in [0.29, 0.717) is 12.2 Å². The summed E-state index contributed by atoms with van der Waals surface area (Å²) < 4.78 is 10.3. The quantitative estimate of drug-likeness (QED) is 0.736. The Bertz CT molecular complexity index is 309. The second-order valence-electron chi connectivity index (χ2n) is 5.21. The molecule has 0 aromatic heterocycles. The molecule has 0 amide bonds. The van der Waals surface area contributed by atoms with Crippen LogP contribution in [0.25, 0.3) is 5.32 Å². The predicted molar refractivity (Wildman–Crippen MR) is 84.7 cm³/mol. The van der Waals surface area contributed by atoms with Gasteiger partial charge in [-0.1, -0.05) is 30.3 Å². The molecule has 3 nitrogen and oxygen atoms in total. The number of benzene rings is 1. The van der Waals surface area contributed by atoms with Gasteiger partial charge in [0, 0.05) is 13.2 Å². The maximum Gasteiger partial charge on any atom is 1.00 e. The van der Waals surface area contributed by atoms with Crippen LogP contribution in [0.15, 0.2) is 30.3 Å². The summed E-state index contributed by atoms with van der Waals surface area (Å²) in [4.78, 5) is 0. The molecule has 1 aromatic rings. The van der Waals surface area contributed by atoms with Crippen LogP contribution < -0.4 is 18.9 Å². The van der Waals surface area contributed by atoms with Crippen LogP contribution >= 0.6 is 0 Å². The summed E-state index contributed by atoms with van der Waals surface area (Å²) in [6, 6.07) is 9.87. The molecular formula is C17H28LiNO2. The zero-order chi connectivity index (χ0) is 14.6. The summed E-state index contributed by atoms with van der Waals surface area (Å²) in [5.74, 6) is 0. The number of nitrogens with zero attached hydrogens (tertiary/aromatic N) is 1. The zero-order valence-electron chi connectivity index (χ0n) is 14.0. The van der Waals surface area contributed by atoms with Crippen molar-refractivity contribution in [3.8, 4) is 0 Å². The van der Waals surface area contributed by atoms with Crippen molar-refractivity contribution in [3.05, 3.63) is 35.6 Å². The van der Waals surface area contributed by atoms with Crippen molar-refractivity contribution >= 4 is 5.69 Å². The molecule has 2 fully saturated rings. The molecule has 2 heterocycles. The molecule has 0 spiro atoms. The Morgan fingerprint density at radius 2 is 1.38 bits per heavy atom. The van der Waals surface area contributed by atoms with E-state index in [-0.39, 0.29) is 18.9 Å². The summed E-state index contributed by atoms with van der Waals surface area (Å²) in [7, 11) is 1.79. The van der Waals surface area contributed by atoms with Gasteiger partial charge in [0.05, 0.1) is 12.2 Å². The van der Waals surface area contributed by atoms with Crippen LogP contribution in [0, 0.1) is 0 Å². The Balaban J connectivity index is 0.000000283. The topological polar surface area (TPSA) is 32.6 Å². The van der Waals surface area contributed by atoms with Gasteiger partial charge in [0.15, 0.2) is 0 Å². The first-order valence-electron chi connectivity index (χ1n) is 7.60. The molecule has 3 rings (SSSR count). The molecule has 0 bridgehead atoms. The van der Waals surface area contributed by atoms with E-state index in [1.165, 1.54) is 25.7 Å². The van der Waals surface area contributed by atoms with Crippen molar-refractivity contribution in [2.24, 2.45) is 0 Å². The van der Waals surface area contributed by atoms with E-state index in [4.69, 9.17) is 9.47 Å². The van der Waals surface area contributed by atoms with Gasteiger partial charge in [0.25, 0.3) is 0 Å². The summed E-state index contributed by atoms with van der Waals surface area (Å²) in [5.41, 5.74) is 1.03. The van der Waals surface area contributed by atoms with Crippen molar-refractivity contribution in [1.29, 1.82) is 0 Å². The fourth-order valence-corrected chi connectivity index (χ4v) is 2.05. The molecule has 0 aliphatic carbocycles. The Morgan fingerprint density at radius 3 is 1.57 bits per heavy atom. The second kappa shape index (κ2) is 13.2. The number of para-hydroxylation sites is 1. The third-order valence-corrected chi connectivity index (χ3v) is 3.33. The maximum atomic E-state index is 5.15. The van der Waals surface area contributed by atoms with Crippen LogP contribution in [0.3, 0.4) is 0 Å². The number of hydrogen-bond acceptors (Lipinski definition) is 2. The first-order chi connectivity index (χ1) is 9.72. The van der Waals surface area contributed by atoms with Crippen LogP contribution in [0.2, 0.25) is 0 Å². The largest absolute Gasteiger partial charge is 1.00 e. The van der Waals surface area contributed by atoms with E-state index >= 15 is 0 Å². The molecule has 0 unspecified atom stereocenters. The van der Waals surface area contributed by atoms with Crippen LogP contribution in [-0.2, 0) is 9.47 Å². The van der Waals surface area contributed by atoms with Crippen molar-refractivity contribution in [2.75, 3.05) is 20.3 Å². The number of hydrogen-bond donors (Lipinski definition) is 0. The first kappa shape index (κ1) is 20.5. The SMILES string of the molecule is C[C@@H]1CCCO1.C[C@H]1CCCO1.C[N-]c1ccccc1.[Li+]. The average molecular weight is 285 g/mol. The molecule has 2 aliphatic heterocycles. The molecule has 1 aromatic carbocycles. The smallest absolute Gasteiger partial charge is 0.687 e. The Kier molecular flexibility index (Phi) is 12.9. The van der Waals surface area contributed by atoms with Crippen LogP contribution in [0.5, 0.6) is 0 Å². The van der Waals surface area contributed by atoms with Crippen LogP contribution in [-0.4, -0.2) is 32.5 Å². The zero-order valence-corrected chi connectivity index (χ0v) is 14.0. The fourth-order valence-electron chi connectivity index (χ4n) is 2.05. The standard InChI is InChI=1S/C7H8N.2C5H10O.Li/c1-8-7-5-3-2-4-6-7;2*1-5-3-2-4-6-5;/h2-6H,1H3;2*5H,2-4H2,1H3;/q-1;;;+1/t;2*5-;/m.10./s1. The Labute approximate surface area is 142 Å². The van der Waals surface area contributed by atoms with Gasteiger partial charge < -0.3 is 14.8 Å². The van der Waals surface area contributed by atoms with E-state index in [2.05, 4.69) is 19.2 Å². The van der Waals surface area contributed by atoms with E-state index < -0.39 is 0 Å². The van der Waals surface area contributed by atoms with Crippen molar-refractivity contribution < 1.29 is 28.3 Å². The van der Waals surface area contributed by atoms with Crippen LogP contribution in [0.4, 0.5) is 5.69 Å². The van der Waals surface area contributed by atoms with E-state index in [1.807, 2.05) is 30.3 Å². The van der Waals surface area contributed by atoms with Gasteiger partial charge in [-0.15, -0.1) is 12.7 Å². The minimum absolute atomic E-state index is 0. The molecular weight excluding hydrogens is 257 g/mol. The van der Waals surface area contributed by atoms with Crippen molar-refractivity contribution in [1.82, 2.24) is 0 Å². The normalized spacial score (nSPS) is 23.0. The fraction of sp³-hybridized carbons (Fsp3) is 0.647. The third kappa shape index (κ3) is 10.8. The Hall–Kier alpha value is -0.463. The molecule has 0 saturated carbocycles. The molecule has 2 aliphatic rings. The molecule has 0 N–H and O–H groups in total. The van der Waals surface area contributed by atoms with Gasteiger partial charge in [-0.05, 0) is 39.5 Å². The summed E-state index contributed by atoms with van der Waals surface area (Å²) in [6.07, 6.45) is 6.15. The first-order valence-corrected chi connectivity index (χ1v) is 7.60. The maximum absolute atomic E-state index is 5.15. The summed E-state index contributed by atoms with van der Waals surface area (Å²) >= 11 is 0. The second-order valence-corrected chi connectivity index (χ2v) is 5.21. The van der Waals surface area contributed by atoms with Gasteiger partial charge in [0.1, 0.15) is 0 Å². The van der Waals surface area contributed by atoms with Gasteiger partial charge in [-0.3, -0.25) is 0 Å². The van der Waals surface area contributed by atoms with Crippen LogP contribution in [0.1, 0.15) is 39.5 Å². The molecule has 2 atom stereocenters. The minimum atomic E-state index is 0. The molecule has 21 heavy (non-hydrogen) atoms. The van der Waals surface area contributed by atoms with E-state index in [0.717, 1.165) is 18.9 Å². The van der Waals surface area contributed by atoms with E-state index in [1.54, 1.807) is 7.05 Å². The monoisotopic (exact) mass is 285 g/mol. The molecule has 0 radical (unpaired) electrons. The molecule has 2 saturated heterocycles. The third-order valence-electron chi connectivity index (χ3n) is 3.33. The number of ether oxygens (including phenoxy) is 2. The minimum Gasteiger partial charge on any atom is -0.687 e. The average Bonchev–Trinajstić information content (AvgIpc) is 3.15. The van der Waals surface area contributed by atoms with Gasteiger partial charge in [-0.2, -0.15) is 0 Å².